The summed E-state index contributed by atoms with van der Waals surface area (Å²) in [5.41, 5.74) is 2.44. The Morgan fingerprint density at radius 2 is 1.77 bits per heavy atom. The van der Waals surface area contributed by atoms with Crippen molar-refractivity contribution >= 4 is 16.9 Å². The second kappa shape index (κ2) is 9.38. The van der Waals surface area contributed by atoms with Crippen LogP contribution in [0.1, 0.15) is 30.4 Å². The van der Waals surface area contributed by atoms with Crippen molar-refractivity contribution in [2.24, 2.45) is 0 Å². The summed E-state index contributed by atoms with van der Waals surface area (Å²) in [7, 11) is 0. The fraction of sp³-hybridized carbons (Fsp3) is 0.250. The topological polar surface area (TPSA) is 81.8 Å². The first-order chi connectivity index (χ1) is 15.2. The molecule has 0 aliphatic heterocycles. The quantitative estimate of drug-likeness (QED) is 0.480. The zero-order valence-electron chi connectivity index (χ0n) is 17.4. The van der Waals surface area contributed by atoms with Gasteiger partial charge in [-0.25, -0.2) is 9.67 Å². The number of hydrogen-bond acceptors (Lipinski definition) is 4. The largest absolute Gasteiger partial charge is 0.354 e. The lowest BCUT2D eigenvalue weighted by Gasteiger charge is -2.15. The van der Waals surface area contributed by atoms with Gasteiger partial charge in [0.25, 0.3) is 5.56 Å². The molecule has 1 amide bonds. The molecule has 0 unspecified atom stereocenters. The van der Waals surface area contributed by atoms with Gasteiger partial charge < -0.3 is 5.32 Å². The molecular formula is C24H25N5O2. The van der Waals surface area contributed by atoms with Crippen LogP contribution in [0.25, 0.3) is 11.0 Å². The van der Waals surface area contributed by atoms with Crippen LogP contribution in [0.2, 0.25) is 0 Å². The third-order valence-electron chi connectivity index (χ3n) is 5.37. The predicted molar refractivity (Wildman–Crippen MR) is 120 cm³/mol. The molecule has 4 aromatic rings. The highest BCUT2D eigenvalue weighted by atomic mass is 16.2. The van der Waals surface area contributed by atoms with E-state index < -0.39 is 0 Å². The molecule has 31 heavy (non-hydrogen) atoms. The first-order valence-electron chi connectivity index (χ1n) is 10.4. The van der Waals surface area contributed by atoms with Gasteiger partial charge in [-0.1, -0.05) is 67.6 Å². The molecule has 0 aliphatic rings. The SMILES string of the molecule is CC[C@H](C(=O)NCCn1ncc2c(=O)n(Cc3ccccc3)cnc21)c1ccccc1. The average Bonchev–Trinajstić information content (AvgIpc) is 3.21. The Morgan fingerprint density at radius 3 is 2.48 bits per heavy atom. The van der Waals surface area contributed by atoms with Gasteiger partial charge in [-0.3, -0.25) is 14.2 Å². The lowest BCUT2D eigenvalue weighted by Crippen LogP contribution is -2.32. The first kappa shape index (κ1) is 20.5. The minimum Gasteiger partial charge on any atom is -0.354 e. The second-order valence-electron chi connectivity index (χ2n) is 7.43. The molecule has 0 aliphatic carbocycles. The lowest BCUT2D eigenvalue weighted by molar-refractivity contribution is -0.122. The number of fused-ring (bicyclic) bond motifs is 1. The zero-order chi connectivity index (χ0) is 21.6. The summed E-state index contributed by atoms with van der Waals surface area (Å²) >= 11 is 0. The number of nitrogens with zero attached hydrogens (tertiary/aromatic N) is 4. The fourth-order valence-corrected chi connectivity index (χ4v) is 3.72. The van der Waals surface area contributed by atoms with Crippen LogP contribution >= 0.6 is 0 Å². The van der Waals surface area contributed by atoms with E-state index >= 15 is 0 Å². The Balaban J connectivity index is 1.43. The van der Waals surface area contributed by atoms with Gasteiger partial charge in [0, 0.05) is 6.54 Å². The van der Waals surface area contributed by atoms with E-state index in [0.29, 0.717) is 30.7 Å². The highest BCUT2D eigenvalue weighted by Gasteiger charge is 2.18. The van der Waals surface area contributed by atoms with Crippen LogP contribution in [0.15, 0.2) is 78.0 Å². The molecule has 2 aromatic carbocycles. The number of rotatable bonds is 8. The molecule has 1 atom stereocenters. The van der Waals surface area contributed by atoms with E-state index in [1.165, 1.54) is 0 Å². The molecule has 0 saturated carbocycles. The first-order valence-corrected chi connectivity index (χ1v) is 10.4. The van der Waals surface area contributed by atoms with Crippen LogP contribution in [0, 0.1) is 0 Å². The van der Waals surface area contributed by atoms with Crippen molar-refractivity contribution in [2.75, 3.05) is 6.54 Å². The molecule has 2 heterocycles. The molecule has 0 spiro atoms. The highest BCUT2D eigenvalue weighted by molar-refractivity contribution is 5.83. The summed E-state index contributed by atoms with van der Waals surface area (Å²) in [6.07, 6.45) is 3.83. The maximum atomic E-state index is 12.8. The van der Waals surface area contributed by atoms with Crippen LogP contribution in [0.5, 0.6) is 0 Å². The van der Waals surface area contributed by atoms with Crippen LogP contribution in [-0.4, -0.2) is 31.8 Å². The average molecular weight is 415 g/mol. The number of nitrogens with one attached hydrogen (secondary N) is 1. The van der Waals surface area contributed by atoms with E-state index in [1.54, 1.807) is 21.8 Å². The van der Waals surface area contributed by atoms with Crippen molar-refractivity contribution in [1.82, 2.24) is 24.6 Å². The third-order valence-corrected chi connectivity index (χ3v) is 5.37. The number of benzene rings is 2. The molecule has 7 heteroatoms. The van der Waals surface area contributed by atoms with Gasteiger partial charge >= 0.3 is 0 Å². The van der Waals surface area contributed by atoms with Gasteiger partial charge in [-0.15, -0.1) is 0 Å². The van der Waals surface area contributed by atoms with E-state index in [1.807, 2.05) is 67.6 Å². The maximum Gasteiger partial charge on any atom is 0.264 e. The van der Waals surface area contributed by atoms with Gasteiger partial charge in [0.05, 0.1) is 25.2 Å². The summed E-state index contributed by atoms with van der Waals surface area (Å²) in [6.45, 7) is 3.31. The summed E-state index contributed by atoms with van der Waals surface area (Å²) in [6, 6.07) is 19.5. The Morgan fingerprint density at radius 1 is 1.06 bits per heavy atom. The van der Waals surface area contributed by atoms with Crippen molar-refractivity contribution in [1.29, 1.82) is 0 Å². The van der Waals surface area contributed by atoms with Crippen molar-refractivity contribution in [2.45, 2.75) is 32.4 Å². The van der Waals surface area contributed by atoms with E-state index in [9.17, 15) is 9.59 Å². The summed E-state index contributed by atoms with van der Waals surface area (Å²) in [4.78, 5) is 29.9. The third kappa shape index (κ3) is 4.55. The Bertz CT molecular complexity index is 1220. The highest BCUT2D eigenvalue weighted by Crippen LogP contribution is 2.19. The summed E-state index contributed by atoms with van der Waals surface area (Å²) in [5.74, 6) is -0.192. The minimum absolute atomic E-state index is 0.0108. The molecule has 2 aromatic heterocycles. The van der Waals surface area contributed by atoms with Gasteiger partial charge in [0.15, 0.2) is 5.65 Å². The van der Waals surface area contributed by atoms with Crippen molar-refractivity contribution in [3.8, 4) is 0 Å². The predicted octanol–water partition coefficient (Wildman–Crippen LogP) is 2.95. The molecule has 1 N–H and O–H groups in total. The molecule has 0 radical (unpaired) electrons. The van der Waals surface area contributed by atoms with E-state index in [-0.39, 0.29) is 17.4 Å². The molecule has 4 rings (SSSR count). The molecular weight excluding hydrogens is 390 g/mol. The van der Waals surface area contributed by atoms with Crippen molar-refractivity contribution in [3.63, 3.8) is 0 Å². The van der Waals surface area contributed by atoms with Gasteiger partial charge in [-0.05, 0) is 17.5 Å². The van der Waals surface area contributed by atoms with Gasteiger partial charge in [0.2, 0.25) is 5.91 Å². The Hall–Kier alpha value is -3.74. The minimum atomic E-state index is -0.182. The smallest absolute Gasteiger partial charge is 0.264 e. The second-order valence-corrected chi connectivity index (χ2v) is 7.43. The van der Waals surface area contributed by atoms with Crippen LogP contribution in [0.4, 0.5) is 0 Å². The molecule has 0 bridgehead atoms. The van der Waals surface area contributed by atoms with Crippen LogP contribution in [-0.2, 0) is 17.9 Å². The van der Waals surface area contributed by atoms with Crippen LogP contribution in [0.3, 0.4) is 0 Å². The van der Waals surface area contributed by atoms with Crippen molar-refractivity contribution < 1.29 is 4.79 Å². The van der Waals surface area contributed by atoms with E-state index in [2.05, 4.69) is 15.4 Å². The summed E-state index contributed by atoms with van der Waals surface area (Å²) in [5, 5.41) is 7.77. The number of hydrogen-bond donors (Lipinski definition) is 1. The van der Waals surface area contributed by atoms with Gasteiger partial charge in [-0.2, -0.15) is 5.10 Å². The van der Waals surface area contributed by atoms with E-state index in [0.717, 1.165) is 17.5 Å². The van der Waals surface area contributed by atoms with E-state index in [4.69, 9.17) is 0 Å². The Labute approximate surface area is 180 Å². The number of amides is 1. The normalized spacial score (nSPS) is 12.0. The van der Waals surface area contributed by atoms with Crippen LogP contribution < -0.4 is 10.9 Å². The van der Waals surface area contributed by atoms with Gasteiger partial charge in [0.1, 0.15) is 11.7 Å². The fourth-order valence-electron chi connectivity index (χ4n) is 3.72. The Kier molecular flexibility index (Phi) is 6.21. The molecule has 158 valence electrons. The molecule has 0 fully saturated rings. The monoisotopic (exact) mass is 415 g/mol. The number of carbonyl (C=O) groups excluding carboxylic acids is 1. The maximum absolute atomic E-state index is 12.8. The number of carbonyl (C=O) groups is 1. The summed E-state index contributed by atoms with van der Waals surface area (Å²) < 4.78 is 3.24. The lowest BCUT2D eigenvalue weighted by atomic mass is 9.96. The zero-order valence-corrected chi connectivity index (χ0v) is 17.4. The molecule has 0 saturated heterocycles. The molecule has 7 nitrogen and oxygen atoms in total. The van der Waals surface area contributed by atoms with Crippen molar-refractivity contribution in [3.05, 3.63) is 94.7 Å². The number of aromatic nitrogens is 4. The standard InChI is InChI=1S/C24H25N5O2/c1-2-20(19-11-7-4-8-12-19)23(30)25-13-14-29-22-21(15-27-29)24(31)28(17-26-22)16-18-9-5-3-6-10-18/h3-12,15,17,20H,2,13-14,16H2,1H3,(H,25,30)/t20-/m0/s1.